The summed E-state index contributed by atoms with van der Waals surface area (Å²) in [5, 5.41) is 14.4. The van der Waals surface area contributed by atoms with Gasteiger partial charge in [0.1, 0.15) is 24.1 Å². The van der Waals surface area contributed by atoms with Gasteiger partial charge in [0.25, 0.3) is 0 Å². The Kier molecular flexibility index (Phi) is 12.5. The van der Waals surface area contributed by atoms with Crippen LogP contribution in [0.3, 0.4) is 0 Å². The Balaban J connectivity index is 2.62. The Morgan fingerprint density at radius 3 is 2.52 bits per heavy atom. The van der Waals surface area contributed by atoms with Crippen molar-refractivity contribution in [2.75, 3.05) is 17.2 Å². The number of anilines is 2. The number of amides is 2. The number of carbonyl (C=O) groups excluding carboxylic acids is 2. The Bertz CT molecular complexity index is 1280. The van der Waals surface area contributed by atoms with Gasteiger partial charge in [-0.2, -0.15) is 0 Å². The van der Waals surface area contributed by atoms with E-state index in [0.717, 1.165) is 6.04 Å². The van der Waals surface area contributed by atoms with Crippen LogP contribution >= 0.6 is 0 Å². The van der Waals surface area contributed by atoms with Crippen molar-refractivity contribution in [1.29, 1.82) is 0 Å². The van der Waals surface area contributed by atoms with Gasteiger partial charge in [-0.3, -0.25) is 14.9 Å². The van der Waals surface area contributed by atoms with E-state index in [2.05, 4.69) is 36.9 Å². The molecule has 42 heavy (non-hydrogen) atoms. The summed E-state index contributed by atoms with van der Waals surface area (Å²) in [6, 6.07) is 5.74. The molecule has 0 saturated carbocycles. The molecule has 0 spiro atoms. The van der Waals surface area contributed by atoms with Crippen molar-refractivity contribution in [3.63, 3.8) is 0 Å². The van der Waals surface area contributed by atoms with E-state index in [1.807, 2.05) is 0 Å². The Labute approximate surface area is 249 Å². The Morgan fingerprint density at radius 1 is 1.21 bits per heavy atom. The summed E-state index contributed by atoms with van der Waals surface area (Å²) in [5.41, 5.74) is 6.56. The summed E-state index contributed by atoms with van der Waals surface area (Å²) < 4.78 is 13.5. The largest absolute Gasteiger partial charge is 0.465 e. The third kappa shape index (κ3) is 11.5. The topological polar surface area (TPSA) is 158 Å². The predicted octanol–water partition coefficient (Wildman–Crippen LogP) is 6.14. The number of carbonyl (C=O) groups is 3. The summed E-state index contributed by atoms with van der Waals surface area (Å²) >= 11 is 0. The van der Waals surface area contributed by atoms with Crippen molar-refractivity contribution >= 4 is 37.4 Å². The van der Waals surface area contributed by atoms with Crippen molar-refractivity contribution in [2.24, 2.45) is 5.73 Å². The first-order valence-electron chi connectivity index (χ1n) is 13.9. The molecule has 1 atom stereocenters. The van der Waals surface area contributed by atoms with Gasteiger partial charge in [-0.15, -0.1) is 6.58 Å². The number of esters is 1. The molecule has 0 radical (unpaired) electrons. The number of benzene rings is 1. The molecule has 1 aromatic heterocycles. The highest BCUT2D eigenvalue weighted by atomic mass is 28.3. The van der Waals surface area contributed by atoms with Crippen LogP contribution in [0.15, 0.2) is 49.3 Å². The van der Waals surface area contributed by atoms with Gasteiger partial charge in [0.15, 0.2) is 0 Å². The lowest BCUT2D eigenvalue weighted by Gasteiger charge is -2.24. The lowest BCUT2D eigenvalue weighted by atomic mass is 10.0. The summed E-state index contributed by atoms with van der Waals surface area (Å²) in [6.45, 7) is 16.6. The Morgan fingerprint density at radius 2 is 1.93 bits per heavy atom. The van der Waals surface area contributed by atoms with Crippen molar-refractivity contribution in [3.8, 4) is 11.3 Å². The molecular formula is C30H45N5O6Si. The van der Waals surface area contributed by atoms with Gasteiger partial charge < -0.3 is 30.2 Å². The molecule has 1 aromatic carbocycles. The maximum Gasteiger partial charge on any atom is 0.409 e. The predicted molar refractivity (Wildman–Crippen MR) is 168 cm³/mol. The first-order valence-corrected chi connectivity index (χ1v) is 17.6. The summed E-state index contributed by atoms with van der Waals surface area (Å²) in [6.07, 6.45) is 6.16. The molecular weight excluding hydrogens is 554 g/mol. The molecule has 0 aliphatic rings. The smallest absolute Gasteiger partial charge is 0.409 e. The molecule has 2 aromatic rings. The normalized spacial score (nSPS) is 12.6. The fourth-order valence-corrected chi connectivity index (χ4v) is 4.65. The highest BCUT2D eigenvalue weighted by molar-refractivity contribution is 6.76. The number of hydrogen-bond acceptors (Lipinski definition) is 7. The lowest BCUT2D eigenvalue weighted by molar-refractivity contribution is -0.157. The number of nitrogens with two attached hydrogens (primary N) is 1. The second kappa shape index (κ2) is 15.4. The second-order valence-corrected chi connectivity index (χ2v) is 17.7. The number of nitrogens with zero attached hydrogens (tertiary/aromatic N) is 2. The van der Waals surface area contributed by atoms with Crippen LogP contribution in [0.25, 0.3) is 11.3 Å². The van der Waals surface area contributed by atoms with Gasteiger partial charge in [0.05, 0.1) is 11.4 Å². The van der Waals surface area contributed by atoms with Gasteiger partial charge in [-0.25, -0.2) is 9.78 Å². The third-order valence-corrected chi connectivity index (χ3v) is 7.65. The van der Waals surface area contributed by atoms with Crippen molar-refractivity contribution in [1.82, 2.24) is 9.55 Å². The number of allylic oxidation sites excluding steroid dienone is 2. The molecule has 0 bridgehead atoms. The van der Waals surface area contributed by atoms with Gasteiger partial charge >= 0.3 is 12.1 Å². The maximum absolute atomic E-state index is 13.4. The molecule has 11 nitrogen and oxygen atoms in total. The van der Waals surface area contributed by atoms with Crippen LogP contribution in [0.4, 0.5) is 16.2 Å². The zero-order chi connectivity index (χ0) is 31.5. The molecule has 12 heteroatoms. The molecule has 0 saturated heterocycles. The number of ether oxygens (including phenoxy) is 2. The average molecular weight is 600 g/mol. The number of hydrogen-bond donors (Lipinski definition) is 4. The zero-order valence-corrected chi connectivity index (χ0v) is 26.5. The molecule has 1 heterocycles. The molecule has 230 valence electrons. The molecule has 2 amide bonds. The Hall–Kier alpha value is -3.90. The summed E-state index contributed by atoms with van der Waals surface area (Å²) in [4.78, 5) is 42.1. The highest BCUT2D eigenvalue weighted by Crippen LogP contribution is 2.33. The third-order valence-electron chi connectivity index (χ3n) is 5.94. The van der Waals surface area contributed by atoms with E-state index in [-0.39, 0.29) is 31.2 Å². The lowest BCUT2D eigenvalue weighted by Crippen LogP contribution is -2.29. The molecule has 0 aliphatic heterocycles. The maximum atomic E-state index is 13.4. The van der Waals surface area contributed by atoms with E-state index in [1.165, 1.54) is 12.3 Å². The summed E-state index contributed by atoms with van der Waals surface area (Å²) in [5.74, 6) is -1.09. The number of nitrogens with one attached hydrogen (secondary N) is 2. The highest BCUT2D eigenvalue weighted by Gasteiger charge is 2.31. The fourth-order valence-electron chi connectivity index (χ4n) is 3.90. The SMILES string of the molecule is C=CCCC(=O)Nc1cc(NC(=O)O)ccc1-c1cn(COCC[Si](C)(C)C)c(C(CC=CN)C(=O)OC(C)(C)C)n1. The zero-order valence-electron chi connectivity index (χ0n) is 25.5. The number of carboxylic acid groups (broad SMARTS) is 1. The monoisotopic (exact) mass is 599 g/mol. The van der Waals surface area contributed by atoms with Gasteiger partial charge in [0.2, 0.25) is 5.91 Å². The van der Waals surface area contributed by atoms with Crippen LogP contribution in [0, 0.1) is 0 Å². The van der Waals surface area contributed by atoms with E-state index in [0.29, 0.717) is 35.8 Å². The quantitative estimate of drug-likeness (QED) is 0.0822. The second-order valence-electron chi connectivity index (χ2n) is 12.1. The molecule has 2 rings (SSSR count). The van der Waals surface area contributed by atoms with Crippen molar-refractivity contribution < 1.29 is 29.0 Å². The number of imidazole rings is 1. The molecule has 0 fully saturated rings. The minimum atomic E-state index is -1.33. The van der Waals surface area contributed by atoms with E-state index in [4.69, 9.17) is 20.2 Å². The van der Waals surface area contributed by atoms with Crippen LogP contribution in [0.2, 0.25) is 25.7 Å². The van der Waals surface area contributed by atoms with E-state index >= 15 is 0 Å². The minimum Gasteiger partial charge on any atom is -0.465 e. The molecule has 0 aliphatic carbocycles. The van der Waals surface area contributed by atoms with Gasteiger partial charge in [-0.05, 0) is 64.1 Å². The van der Waals surface area contributed by atoms with Crippen LogP contribution in [0.5, 0.6) is 0 Å². The minimum absolute atomic E-state index is 0.151. The number of aromatic nitrogens is 2. The van der Waals surface area contributed by atoms with Crippen molar-refractivity contribution in [3.05, 3.63) is 55.2 Å². The van der Waals surface area contributed by atoms with E-state index in [9.17, 15) is 19.5 Å². The average Bonchev–Trinajstić information content (AvgIpc) is 3.27. The standard InChI is InChI=1S/C30H45N5O6Si/c1-8-9-12-26(36)33-24-18-21(32-29(38)39)13-14-22(24)25-19-35(20-40-16-17-42(5,6)7)27(34-25)23(11-10-15-31)28(37)41-30(2,3)4/h8,10,13-15,18-19,23,32H,1,9,11-12,16-17,20,31H2,2-7H3,(H,33,36)(H,38,39). The first-order chi connectivity index (χ1) is 19.6. The first kappa shape index (κ1) is 34.3. The summed E-state index contributed by atoms with van der Waals surface area (Å²) in [7, 11) is -1.33. The molecule has 1 unspecified atom stereocenters. The van der Waals surface area contributed by atoms with Crippen molar-refractivity contribution in [2.45, 2.75) is 84.0 Å². The van der Waals surface area contributed by atoms with Crippen LogP contribution in [-0.2, 0) is 25.8 Å². The van der Waals surface area contributed by atoms with Gasteiger partial charge in [-0.1, -0.05) is 31.8 Å². The van der Waals surface area contributed by atoms with E-state index in [1.54, 1.807) is 55.8 Å². The van der Waals surface area contributed by atoms with Crippen LogP contribution in [-0.4, -0.2) is 52.9 Å². The molecule has 5 N–H and O–H groups in total. The van der Waals surface area contributed by atoms with Crippen LogP contribution in [0.1, 0.15) is 51.8 Å². The van der Waals surface area contributed by atoms with Gasteiger partial charge in [0, 0.05) is 38.5 Å². The number of rotatable bonds is 15. The fraction of sp³-hybridized carbons (Fsp3) is 0.467. The van der Waals surface area contributed by atoms with Crippen LogP contribution < -0.4 is 16.4 Å². The van der Waals surface area contributed by atoms with E-state index < -0.39 is 31.7 Å².